The summed E-state index contributed by atoms with van der Waals surface area (Å²) in [5.41, 5.74) is 2.12. The molecule has 3 aromatic rings. The molecule has 0 bridgehead atoms. The highest BCUT2D eigenvalue weighted by molar-refractivity contribution is 5.40. The molecule has 0 radical (unpaired) electrons. The first kappa shape index (κ1) is 12.2. The van der Waals surface area contributed by atoms with E-state index in [-0.39, 0.29) is 5.82 Å². The van der Waals surface area contributed by atoms with Crippen LogP contribution >= 0.6 is 0 Å². The van der Waals surface area contributed by atoms with Crippen molar-refractivity contribution >= 4 is 5.78 Å². The third kappa shape index (κ3) is 1.99. The van der Waals surface area contributed by atoms with E-state index < -0.39 is 5.92 Å². The van der Waals surface area contributed by atoms with E-state index in [2.05, 4.69) is 21.1 Å². The van der Waals surface area contributed by atoms with Crippen molar-refractivity contribution in [3.05, 3.63) is 59.4 Å². The minimum atomic E-state index is -0.554. The maximum Gasteiger partial charge on any atom is 0.252 e. The number of hydrogen-bond donors (Lipinski definition) is 0. The van der Waals surface area contributed by atoms with Crippen LogP contribution in [0.3, 0.4) is 0 Å². The number of hydrogen-bond acceptors (Lipinski definition) is 4. The van der Waals surface area contributed by atoms with E-state index in [0.717, 1.165) is 5.69 Å². The highest BCUT2D eigenvalue weighted by atomic mass is 19.1. The summed E-state index contributed by atoms with van der Waals surface area (Å²) in [6.07, 6.45) is 1.39. The molecule has 98 valence electrons. The molecule has 0 saturated heterocycles. The maximum absolute atomic E-state index is 13.0. The molecule has 3 rings (SSSR count). The van der Waals surface area contributed by atoms with Crippen LogP contribution in [0.15, 0.2) is 36.7 Å². The van der Waals surface area contributed by atoms with Crippen molar-refractivity contribution in [3.63, 3.8) is 0 Å². The maximum atomic E-state index is 13.0. The molecule has 1 atom stereocenters. The van der Waals surface area contributed by atoms with Crippen LogP contribution < -0.4 is 0 Å². The van der Waals surface area contributed by atoms with Crippen LogP contribution in [-0.2, 0) is 0 Å². The molecule has 0 aliphatic rings. The first-order valence-electron chi connectivity index (χ1n) is 6.01. The lowest BCUT2D eigenvalue weighted by molar-refractivity contribution is 0.626. The van der Waals surface area contributed by atoms with Crippen molar-refractivity contribution in [1.29, 1.82) is 5.26 Å². The van der Waals surface area contributed by atoms with Gasteiger partial charge in [0, 0.05) is 5.69 Å². The standard InChI is InChI=1S/C14H10FN5/c1-9-6-13(20-14(19-9)17-8-18-20)12(7-16)10-2-4-11(15)5-3-10/h2-6,8,12H,1H3/t12-/m0/s1. The zero-order chi connectivity index (χ0) is 14.1. The van der Waals surface area contributed by atoms with Crippen molar-refractivity contribution in [1.82, 2.24) is 19.6 Å². The van der Waals surface area contributed by atoms with Crippen molar-refractivity contribution < 1.29 is 4.39 Å². The van der Waals surface area contributed by atoms with Crippen LogP contribution in [0.25, 0.3) is 5.78 Å². The Morgan fingerprint density at radius 1 is 1.30 bits per heavy atom. The summed E-state index contributed by atoms with van der Waals surface area (Å²) in [5, 5.41) is 13.6. The highest BCUT2D eigenvalue weighted by Gasteiger charge is 2.18. The molecule has 0 N–H and O–H groups in total. The van der Waals surface area contributed by atoms with Gasteiger partial charge in [-0.2, -0.15) is 19.9 Å². The summed E-state index contributed by atoms with van der Waals surface area (Å²) in [7, 11) is 0. The number of aromatic nitrogens is 4. The van der Waals surface area contributed by atoms with Crippen molar-refractivity contribution in [2.24, 2.45) is 0 Å². The minimum absolute atomic E-state index is 0.331. The quantitative estimate of drug-likeness (QED) is 0.714. The van der Waals surface area contributed by atoms with Crippen LogP contribution in [0.1, 0.15) is 22.9 Å². The normalized spacial score (nSPS) is 12.2. The summed E-state index contributed by atoms with van der Waals surface area (Å²) in [6, 6.07) is 9.89. The fraction of sp³-hybridized carbons (Fsp3) is 0.143. The van der Waals surface area contributed by atoms with Crippen LogP contribution in [0.5, 0.6) is 0 Å². The Morgan fingerprint density at radius 2 is 2.05 bits per heavy atom. The molecule has 2 aromatic heterocycles. The van der Waals surface area contributed by atoms with E-state index in [1.165, 1.54) is 23.0 Å². The molecule has 0 unspecified atom stereocenters. The van der Waals surface area contributed by atoms with Gasteiger partial charge in [0.25, 0.3) is 5.78 Å². The summed E-state index contributed by atoms with van der Waals surface area (Å²) in [4.78, 5) is 8.28. The molecule has 1 aromatic carbocycles. The number of nitriles is 1. The SMILES string of the molecule is Cc1cc([C@@H](C#N)c2ccc(F)cc2)n2ncnc2n1. The fourth-order valence-corrected chi connectivity index (χ4v) is 2.13. The van der Waals surface area contributed by atoms with Gasteiger partial charge in [0.1, 0.15) is 18.1 Å². The predicted molar refractivity (Wildman–Crippen MR) is 69.4 cm³/mol. The summed E-state index contributed by atoms with van der Waals surface area (Å²) in [5.74, 6) is -0.439. The lowest BCUT2D eigenvalue weighted by Crippen LogP contribution is -2.08. The summed E-state index contributed by atoms with van der Waals surface area (Å²) >= 11 is 0. The molecule has 6 heteroatoms. The molecule has 20 heavy (non-hydrogen) atoms. The van der Waals surface area contributed by atoms with E-state index in [9.17, 15) is 9.65 Å². The second-order valence-electron chi connectivity index (χ2n) is 4.41. The topological polar surface area (TPSA) is 66.9 Å². The molecular formula is C14H10FN5. The van der Waals surface area contributed by atoms with E-state index in [4.69, 9.17) is 0 Å². The van der Waals surface area contributed by atoms with Gasteiger partial charge in [-0.3, -0.25) is 0 Å². The molecule has 0 fully saturated rings. The number of halogens is 1. The van der Waals surface area contributed by atoms with Gasteiger partial charge < -0.3 is 0 Å². The first-order chi connectivity index (χ1) is 9.69. The molecule has 0 aliphatic heterocycles. The summed E-state index contributed by atoms with van der Waals surface area (Å²) < 4.78 is 14.5. The molecule has 2 heterocycles. The number of benzene rings is 1. The zero-order valence-electron chi connectivity index (χ0n) is 10.7. The van der Waals surface area contributed by atoms with Crippen LogP contribution in [0, 0.1) is 24.1 Å². The highest BCUT2D eigenvalue weighted by Crippen LogP contribution is 2.24. The second kappa shape index (κ2) is 4.70. The molecular weight excluding hydrogens is 257 g/mol. The average molecular weight is 267 g/mol. The van der Waals surface area contributed by atoms with Gasteiger partial charge in [-0.25, -0.2) is 9.37 Å². The van der Waals surface area contributed by atoms with Crippen LogP contribution in [-0.4, -0.2) is 19.6 Å². The minimum Gasteiger partial charge on any atom is -0.216 e. The van der Waals surface area contributed by atoms with Gasteiger partial charge in [-0.1, -0.05) is 12.1 Å². The van der Waals surface area contributed by atoms with Crippen molar-refractivity contribution in [2.45, 2.75) is 12.8 Å². The van der Waals surface area contributed by atoms with Crippen molar-refractivity contribution in [2.75, 3.05) is 0 Å². The Balaban J connectivity index is 2.19. The summed E-state index contributed by atoms with van der Waals surface area (Å²) in [6.45, 7) is 1.83. The molecule has 0 spiro atoms. The van der Waals surface area contributed by atoms with Crippen molar-refractivity contribution in [3.8, 4) is 6.07 Å². The van der Waals surface area contributed by atoms with Gasteiger partial charge in [0.05, 0.1) is 11.8 Å². The number of rotatable bonds is 2. The second-order valence-corrected chi connectivity index (χ2v) is 4.41. The van der Waals surface area contributed by atoms with E-state index in [0.29, 0.717) is 17.0 Å². The lowest BCUT2D eigenvalue weighted by atomic mass is 9.96. The van der Waals surface area contributed by atoms with Gasteiger partial charge in [0.2, 0.25) is 0 Å². The molecule has 0 saturated carbocycles. The largest absolute Gasteiger partial charge is 0.252 e. The van der Waals surface area contributed by atoms with E-state index in [1.54, 1.807) is 18.2 Å². The van der Waals surface area contributed by atoms with Gasteiger partial charge in [-0.05, 0) is 30.7 Å². The monoisotopic (exact) mass is 267 g/mol. The first-order valence-corrected chi connectivity index (χ1v) is 6.01. The lowest BCUT2D eigenvalue weighted by Gasteiger charge is -2.11. The molecule has 0 amide bonds. The number of fused-ring (bicyclic) bond motifs is 1. The number of nitrogens with zero attached hydrogens (tertiary/aromatic N) is 5. The smallest absolute Gasteiger partial charge is 0.216 e. The van der Waals surface area contributed by atoms with Crippen LogP contribution in [0.2, 0.25) is 0 Å². The molecule has 0 aliphatic carbocycles. The number of aryl methyl sites for hydroxylation is 1. The Bertz CT molecular complexity index is 801. The average Bonchev–Trinajstić information content (AvgIpc) is 2.89. The third-order valence-electron chi connectivity index (χ3n) is 3.04. The predicted octanol–water partition coefficient (Wildman–Crippen LogP) is 2.23. The molecule has 5 nitrogen and oxygen atoms in total. The van der Waals surface area contributed by atoms with Gasteiger partial charge in [-0.15, -0.1) is 0 Å². The zero-order valence-corrected chi connectivity index (χ0v) is 10.7. The Morgan fingerprint density at radius 3 is 2.75 bits per heavy atom. The van der Waals surface area contributed by atoms with E-state index >= 15 is 0 Å². The van der Waals surface area contributed by atoms with E-state index in [1.807, 2.05) is 6.92 Å². The van der Waals surface area contributed by atoms with Crippen LogP contribution in [0.4, 0.5) is 4.39 Å². The Kier molecular flexibility index (Phi) is 2.88. The van der Waals surface area contributed by atoms with Gasteiger partial charge >= 0.3 is 0 Å². The Hall–Kier alpha value is -2.81. The Labute approximate surface area is 114 Å². The van der Waals surface area contributed by atoms with Gasteiger partial charge in [0.15, 0.2) is 0 Å². The fourth-order valence-electron chi connectivity index (χ4n) is 2.13. The third-order valence-corrected chi connectivity index (χ3v) is 3.04.